The van der Waals surface area contributed by atoms with Crippen molar-refractivity contribution in [3.8, 4) is 11.5 Å². The van der Waals surface area contributed by atoms with E-state index in [9.17, 15) is 0 Å². The summed E-state index contributed by atoms with van der Waals surface area (Å²) in [6.07, 6.45) is 0. The van der Waals surface area contributed by atoms with Crippen molar-refractivity contribution in [2.24, 2.45) is 0 Å². The molecule has 0 saturated carbocycles. The summed E-state index contributed by atoms with van der Waals surface area (Å²) in [5.74, 6) is 1.68. The zero-order chi connectivity index (χ0) is 17.4. The highest BCUT2D eigenvalue weighted by Crippen LogP contribution is 2.17. The van der Waals surface area contributed by atoms with Gasteiger partial charge in [0.25, 0.3) is 0 Å². The van der Waals surface area contributed by atoms with Gasteiger partial charge in [-0.25, -0.2) is 0 Å². The molecule has 4 nitrogen and oxygen atoms in total. The predicted molar refractivity (Wildman–Crippen MR) is 103 cm³/mol. The first-order valence-electron chi connectivity index (χ1n) is 8.06. The molecule has 5 heteroatoms. The van der Waals surface area contributed by atoms with Crippen molar-refractivity contribution in [1.29, 1.82) is 0 Å². The van der Waals surface area contributed by atoms with Gasteiger partial charge in [0.15, 0.2) is 5.11 Å². The van der Waals surface area contributed by atoms with Gasteiger partial charge >= 0.3 is 0 Å². The Labute approximate surface area is 149 Å². The van der Waals surface area contributed by atoms with E-state index in [1.165, 1.54) is 5.56 Å². The molecule has 128 valence electrons. The first kappa shape index (κ1) is 18.1. The number of ether oxygens (including phenoxy) is 2. The number of thiocarbonyl (C=S) groups is 1. The summed E-state index contributed by atoms with van der Waals surface area (Å²) in [6, 6.07) is 15.8. The Morgan fingerprint density at radius 1 is 1.08 bits per heavy atom. The monoisotopic (exact) mass is 344 g/mol. The standard InChI is InChI=1S/C19H24N2O2S/c1-4-22-18-7-5-6-16(12-18)21-19(24)20-15(3)13-23-17-10-8-14(2)9-11-17/h5-12,15H,4,13H2,1-3H3,(H2,20,21,24)/t15-/m0/s1. The highest BCUT2D eigenvalue weighted by Gasteiger charge is 2.06. The molecule has 0 radical (unpaired) electrons. The van der Waals surface area contributed by atoms with Gasteiger partial charge in [0.1, 0.15) is 18.1 Å². The van der Waals surface area contributed by atoms with Crippen LogP contribution in [0.4, 0.5) is 5.69 Å². The summed E-state index contributed by atoms with van der Waals surface area (Å²) in [4.78, 5) is 0. The van der Waals surface area contributed by atoms with Crippen molar-refractivity contribution in [3.05, 3.63) is 54.1 Å². The van der Waals surface area contributed by atoms with Crippen LogP contribution in [0, 0.1) is 6.92 Å². The third kappa shape index (κ3) is 6.08. The Kier molecular flexibility index (Phi) is 6.88. The Morgan fingerprint density at radius 2 is 1.83 bits per heavy atom. The molecule has 1 atom stereocenters. The van der Waals surface area contributed by atoms with Crippen molar-refractivity contribution in [1.82, 2.24) is 5.32 Å². The van der Waals surface area contributed by atoms with Crippen LogP contribution in [0.1, 0.15) is 19.4 Å². The van der Waals surface area contributed by atoms with E-state index in [1.54, 1.807) is 0 Å². The minimum atomic E-state index is 0.0846. The van der Waals surface area contributed by atoms with Crippen molar-refractivity contribution in [2.45, 2.75) is 26.8 Å². The predicted octanol–water partition coefficient (Wildman–Crippen LogP) is 4.15. The van der Waals surface area contributed by atoms with E-state index in [0.29, 0.717) is 18.3 Å². The van der Waals surface area contributed by atoms with E-state index in [2.05, 4.69) is 17.6 Å². The van der Waals surface area contributed by atoms with E-state index >= 15 is 0 Å². The molecule has 24 heavy (non-hydrogen) atoms. The maximum atomic E-state index is 5.76. The molecule has 0 saturated heterocycles. The van der Waals surface area contributed by atoms with Crippen LogP contribution in [0.3, 0.4) is 0 Å². The number of rotatable bonds is 7. The lowest BCUT2D eigenvalue weighted by Crippen LogP contribution is -2.39. The maximum Gasteiger partial charge on any atom is 0.171 e. The summed E-state index contributed by atoms with van der Waals surface area (Å²) in [5.41, 5.74) is 2.11. The van der Waals surface area contributed by atoms with E-state index in [0.717, 1.165) is 17.2 Å². The van der Waals surface area contributed by atoms with Crippen LogP contribution >= 0.6 is 12.2 Å². The van der Waals surface area contributed by atoms with Crippen molar-refractivity contribution in [3.63, 3.8) is 0 Å². The average Bonchev–Trinajstić information content (AvgIpc) is 2.55. The summed E-state index contributed by atoms with van der Waals surface area (Å²) >= 11 is 5.35. The fourth-order valence-electron chi connectivity index (χ4n) is 2.12. The van der Waals surface area contributed by atoms with Crippen LogP contribution < -0.4 is 20.1 Å². The third-order valence-corrected chi connectivity index (χ3v) is 3.52. The molecule has 0 unspecified atom stereocenters. The number of aryl methyl sites for hydroxylation is 1. The van der Waals surface area contributed by atoms with E-state index in [1.807, 2.05) is 62.4 Å². The molecule has 0 heterocycles. The fraction of sp³-hybridized carbons (Fsp3) is 0.316. The quantitative estimate of drug-likeness (QED) is 0.739. The van der Waals surface area contributed by atoms with E-state index in [-0.39, 0.29) is 6.04 Å². The SMILES string of the molecule is CCOc1cccc(NC(=S)N[C@@H](C)COc2ccc(C)cc2)c1. The number of benzene rings is 2. The van der Waals surface area contributed by atoms with Gasteiger partial charge in [-0.3, -0.25) is 0 Å². The van der Waals surface area contributed by atoms with Crippen molar-refractivity contribution < 1.29 is 9.47 Å². The normalized spacial score (nSPS) is 11.5. The first-order chi connectivity index (χ1) is 11.6. The highest BCUT2D eigenvalue weighted by molar-refractivity contribution is 7.80. The Hall–Kier alpha value is -2.27. The summed E-state index contributed by atoms with van der Waals surface area (Å²) in [5, 5.41) is 6.94. The van der Waals surface area contributed by atoms with Crippen LogP contribution in [-0.4, -0.2) is 24.4 Å². The third-order valence-electron chi connectivity index (χ3n) is 3.30. The molecule has 0 fully saturated rings. The molecule has 0 aliphatic carbocycles. The molecule has 0 aliphatic rings. The van der Waals surface area contributed by atoms with Crippen LogP contribution in [0.2, 0.25) is 0 Å². The number of anilines is 1. The largest absolute Gasteiger partial charge is 0.494 e. The molecule has 2 N–H and O–H groups in total. The number of hydrogen-bond acceptors (Lipinski definition) is 3. The Balaban J connectivity index is 1.78. The van der Waals surface area contributed by atoms with Crippen LogP contribution in [0.5, 0.6) is 11.5 Å². The first-order valence-corrected chi connectivity index (χ1v) is 8.47. The number of hydrogen-bond donors (Lipinski definition) is 2. The lowest BCUT2D eigenvalue weighted by Gasteiger charge is -2.18. The van der Waals surface area contributed by atoms with E-state index < -0.39 is 0 Å². The summed E-state index contributed by atoms with van der Waals surface area (Å²) in [7, 11) is 0. The molecule has 0 spiro atoms. The lowest BCUT2D eigenvalue weighted by atomic mass is 10.2. The van der Waals surface area contributed by atoms with Gasteiger partial charge in [-0.1, -0.05) is 23.8 Å². The fourth-order valence-corrected chi connectivity index (χ4v) is 2.44. The lowest BCUT2D eigenvalue weighted by molar-refractivity contribution is 0.287. The average molecular weight is 344 g/mol. The molecule has 2 aromatic rings. The van der Waals surface area contributed by atoms with E-state index in [4.69, 9.17) is 21.7 Å². The number of nitrogens with one attached hydrogen (secondary N) is 2. The summed E-state index contributed by atoms with van der Waals surface area (Å²) in [6.45, 7) is 7.21. The van der Waals surface area contributed by atoms with Crippen molar-refractivity contribution >= 4 is 23.0 Å². The Bertz CT molecular complexity index is 659. The van der Waals surface area contributed by atoms with Gasteiger partial charge in [-0.15, -0.1) is 0 Å². The topological polar surface area (TPSA) is 42.5 Å². The second kappa shape index (κ2) is 9.13. The minimum absolute atomic E-state index is 0.0846. The van der Waals surface area contributed by atoms with Crippen molar-refractivity contribution in [2.75, 3.05) is 18.5 Å². The smallest absolute Gasteiger partial charge is 0.171 e. The van der Waals surface area contributed by atoms with Gasteiger partial charge in [-0.05, 0) is 57.3 Å². The maximum absolute atomic E-state index is 5.76. The zero-order valence-electron chi connectivity index (χ0n) is 14.3. The van der Waals surface area contributed by atoms with Gasteiger partial charge in [0.2, 0.25) is 0 Å². The summed E-state index contributed by atoms with van der Waals surface area (Å²) < 4.78 is 11.2. The minimum Gasteiger partial charge on any atom is -0.494 e. The van der Waals surface area contributed by atoms with Gasteiger partial charge in [0, 0.05) is 11.8 Å². The second-order valence-electron chi connectivity index (χ2n) is 5.58. The Morgan fingerprint density at radius 3 is 2.54 bits per heavy atom. The molecule has 0 amide bonds. The van der Waals surface area contributed by atoms with Crippen LogP contribution in [-0.2, 0) is 0 Å². The van der Waals surface area contributed by atoms with Crippen LogP contribution in [0.25, 0.3) is 0 Å². The van der Waals surface area contributed by atoms with Gasteiger partial charge in [-0.2, -0.15) is 0 Å². The zero-order valence-corrected chi connectivity index (χ0v) is 15.2. The van der Waals surface area contributed by atoms with Crippen LogP contribution in [0.15, 0.2) is 48.5 Å². The molecular weight excluding hydrogens is 320 g/mol. The molecule has 0 aliphatic heterocycles. The molecule has 0 bridgehead atoms. The van der Waals surface area contributed by atoms with Gasteiger partial charge < -0.3 is 20.1 Å². The molecule has 2 rings (SSSR count). The molecule has 0 aromatic heterocycles. The highest BCUT2D eigenvalue weighted by atomic mass is 32.1. The molecule has 2 aromatic carbocycles. The second-order valence-corrected chi connectivity index (χ2v) is 5.99. The van der Waals surface area contributed by atoms with Gasteiger partial charge in [0.05, 0.1) is 12.6 Å². The molecular formula is C19H24N2O2S.